The smallest absolute Gasteiger partial charge is 0.348 e. The molecule has 1 aliphatic heterocycles. The number of cyclic esters (lactones) is 2. The lowest BCUT2D eigenvalue weighted by atomic mass is 9.94. The maximum absolute atomic E-state index is 12.6. The van der Waals surface area contributed by atoms with Gasteiger partial charge in [0.25, 0.3) is 0 Å². The summed E-state index contributed by atoms with van der Waals surface area (Å²) in [5, 5.41) is 36.9. The molecule has 10 heteroatoms. The van der Waals surface area contributed by atoms with Crippen molar-refractivity contribution in [3.05, 3.63) is 0 Å². The number of ether oxygens (including phenoxy) is 2. The first-order valence-electron chi connectivity index (χ1n) is 12.1. The maximum atomic E-state index is 12.6. The number of esters is 2. The van der Waals surface area contributed by atoms with Crippen LogP contribution in [-0.4, -0.2) is 120 Å². The van der Waals surface area contributed by atoms with Gasteiger partial charge >= 0.3 is 11.9 Å². The van der Waals surface area contributed by atoms with Gasteiger partial charge in [-0.15, -0.1) is 0 Å². The summed E-state index contributed by atoms with van der Waals surface area (Å²) in [7, 11) is 0. The second-order valence-corrected chi connectivity index (χ2v) is 9.12. The zero-order chi connectivity index (χ0) is 24.8. The molecule has 0 amide bonds. The molecule has 0 spiro atoms. The third kappa shape index (κ3) is 11.1. The number of aliphatic hydroxyl groups excluding tert-OH is 4. The lowest BCUT2D eigenvalue weighted by Gasteiger charge is -2.33. The Bertz CT molecular complexity index is 557. The molecule has 5 atom stereocenters. The Labute approximate surface area is 197 Å². The molecule has 1 aliphatic rings. The van der Waals surface area contributed by atoms with Gasteiger partial charge in [0.2, 0.25) is 12.2 Å². The summed E-state index contributed by atoms with van der Waals surface area (Å²) in [4.78, 5) is 29.0. The zero-order valence-electron chi connectivity index (χ0n) is 20.4. The van der Waals surface area contributed by atoms with Crippen molar-refractivity contribution in [1.29, 1.82) is 0 Å². The molecular formula is C23H44N2O8. The SMILES string of the molecule is CC(O)CN(CCO)CCCC(C)C1OC(=O)C(C(C)CCCN(CCO)CCO)OC1=O. The predicted molar refractivity (Wildman–Crippen MR) is 122 cm³/mol. The minimum absolute atomic E-state index is 0.00924. The van der Waals surface area contributed by atoms with E-state index in [1.54, 1.807) is 6.92 Å². The highest BCUT2D eigenvalue weighted by Crippen LogP contribution is 2.26. The van der Waals surface area contributed by atoms with Gasteiger partial charge in [-0.1, -0.05) is 13.8 Å². The Morgan fingerprint density at radius 2 is 1.12 bits per heavy atom. The lowest BCUT2D eigenvalue weighted by Crippen LogP contribution is -2.49. The van der Waals surface area contributed by atoms with E-state index in [1.807, 2.05) is 23.6 Å². The normalized spacial score (nSPS) is 21.7. The van der Waals surface area contributed by atoms with Crippen LogP contribution in [0.25, 0.3) is 0 Å². The summed E-state index contributed by atoms with van der Waals surface area (Å²) in [5.41, 5.74) is 0. The molecular weight excluding hydrogens is 432 g/mol. The molecule has 0 bridgehead atoms. The van der Waals surface area contributed by atoms with Gasteiger partial charge in [-0.05, 0) is 45.7 Å². The molecule has 0 aromatic heterocycles. The van der Waals surface area contributed by atoms with E-state index in [2.05, 4.69) is 0 Å². The Balaban J connectivity index is 2.47. The highest BCUT2D eigenvalue weighted by molar-refractivity contribution is 5.87. The fourth-order valence-electron chi connectivity index (χ4n) is 4.18. The standard InChI is InChI=1S/C23H44N2O8/c1-17(6-4-8-24(10-13-26)11-14-27)20-22(30)33-21(23(31)32-20)18(2)7-5-9-25(12-15-28)16-19(3)29/h17-21,26-29H,4-16H2,1-3H3. The first-order valence-corrected chi connectivity index (χ1v) is 12.1. The maximum Gasteiger partial charge on any atom is 0.348 e. The topological polar surface area (TPSA) is 140 Å². The highest BCUT2D eigenvalue weighted by atomic mass is 16.6. The van der Waals surface area contributed by atoms with Crippen LogP contribution in [0.3, 0.4) is 0 Å². The summed E-state index contributed by atoms with van der Waals surface area (Å²) in [6.07, 6.45) is 0.414. The van der Waals surface area contributed by atoms with Crippen LogP contribution in [0, 0.1) is 11.8 Å². The van der Waals surface area contributed by atoms with E-state index in [-0.39, 0.29) is 31.7 Å². The molecule has 33 heavy (non-hydrogen) atoms. The van der Waals surface area contributed by atoms with E-state index in [4.69, 9.17) is 24.8 Å². The van der Waals surface area contributed by atoms with Gasteiger partial charge in [-0.25, -0.2) is 9.59 Å². The number of carbonyl (C=O) groups is 2. The average Bonchev–Trinajstić information content (AvgIpc) is 2.74. The van der Waals surface area contributed by atoms with Crippen LogP contribution in [-0.2, 0) is 19.1 Å². The minimum Gasteiger partial charge on any atom is -0.447 e. The molecule has 0 radical (unpaired) electrons. The molecule has 0 aliphatic carbocycles. The average molecular weight is 477 g/mol. The summed E-state index contributed by atoms with van der Waals surface area (Å²) in [6.45, 7) is 8.66. The van der Waals surface area contributed by atoms with Crippen LogP contribution in [0.5, 0.6) is 0 Å². The van der Waals surface area contributed by atoms with Crippen LogP contribution in [0.1, 0.15) is 46.5 Å². The Hall–Kier alpha value is -1.30. The third-order valence-electron chi connectivity index (χ3n) is 6.02. The van der Waals surface area contributed by atoms with Gasteiger partial charge in [0.15, 0.2) is 0 Å². The van der Waals surface area contributed by atoms with Crippen LogP contribution in [0.2, 0.25) is 0 Å². The lowest BCUT2D eigenvalue weighted by molar-refractivity contribution is -0.202. The van der Waals surface area contributed by atoms with Gasteiger partial charge in [-0.2, -0.15) is 0 Å². The molecule has 0 aromatic carbocycles. The number of hydrogen-bond donors (Lipinski definition) is 4. The van der Waals surface area contributed by atoms with Crippen molar-refractivity contribution in [1.82, 2.24) is 9.80 Å². The van der Waals surface area contributed by atoms with E-state index < -0.39 is 30.3 Å². The van der Waals surface area contributed by atoms with Crippen molar-refractivity contribution in [3.63, 3.8) is 0 Å². The van der Waals surface area contributed by atoms with Crippen LogP contribution >= 0.6 is 0 Å². The van der Waals surface area contributed by atoms with Gasteiger partial charge in [0, 0.05) is 38.0 Å². The quantitative estimate of drug-likeness (QED) is 0.194. The Morgan fingerprint density at radius 1 is 0.727 bits per heavy atom. The predicted octanol–water partition coefficient (Wildman–Crippen LogP) is -0.382. The van der Waals surface area contributed by atoms with Crippen LogP contribution < -0.4 is 0 Å². The first kappa shape index (κ1) is 29.7. The van der Waals surface area contributed by atoms with Gasteiger partial charge in [0.05, 0.1) is 25.9 Å². The molecule has 1 fully saturated rings. The largest absolute Gasteiger partial charge is 0.447 e. The molecule has 0 aromatic rings. The van der Waals surface area contributed by atoms with Crippen molar-refractivity contribution in [2.24, 2.45) is 11.8 Å². The van der Waals surface area contributed by atoms with Crippen LogP contribution in [0.4, 0.5) is 0 Å². The molecule has 0 saturated carbocycles. The van der Waals surface area contributed by atoms with Crippen molar-refractivity contribution in [2.45, 2.75) is 64.8 Å². The molecule has 1 saturated heterocycles. The van der Waals surface area contributed by atoms with Crippen LogP contribution in [0.15, 0.2) is 0 Å². The fraction of sp³-hybridized carbons (Fsp3) is 0.913. The molecule has 4 N–H and O–H groups in total. The van der Waals surface area contributed by atoms with Gasteiger partial charge in [0.1, 0.15) is 0 Å². The van der Waals surface area contributed by atoms with Crippen molar-refractivity contribution in [2.75, 3.05) is 59.1 Å². The minimum atomic E-state index is -0.923. The van der Waals surface area contributed by atoms with Crippen molar-refractivity contribution >= 4 is 11.9 Å². The number of nitrogens with zero attached hydrogens (tertiary/aromatic N) is 2. The highest BCUT2D eigenvalue weighted by Gasteiger charge is 2.43. The molecule has 10 nitrogen and oxygen atoms in total. The first-order chi connectivity index (χ1) is 15.7. The number of rotatable bonds is 18. The summed E-state index contributed by atoms with van der Waals surface area (Å²) in [5.74, 6) is -1.43. The fourth-order valence-corrected chi connectivity index (χ4v) is 4.18. The van der Waals surface area contributed by atoms with E-state index in [0.29, 0.717) is 52.1 Å². The van der Waals surface area contributed by atoms with E-state index >= 15 is 0 Å². The molecule has 5 unspecified atom stereocenters. The Kier molecular flexibility index (Phi) is 14.7. The molecule has 1 heterocycles. The van der Waals surface area contributed by atoms with Crippen molar-refractivity contribution < 1.29 is 39.5 Å². The summed E-state index contributed by atoms with van der Waals surface area (Å²) in [6, 6.07) is 0. The van der Waals surface area contributed by atoms with E-state index in [1.165, 1.54) is 0 Å². The summed E-state index contributed by atoms with van der Waals surface area (Å²) >= 11 is 0. The second-order valence-electron chi connectivity index (χ2n) is 9.12. The Morgan fingerprint density at radius 3 is 1.52 bits per heavy atom. The third-order valence-corrected chi connectivity index (χ3v) is 6.02. The monoisotopic (exact) mass is 476 g/mol. The molecule has 194 valence electrons. The van der Waals surface area contributed by atoms with E-state index in [9.17, 15) is 14.7 Å². The zero-order valence-corrected chi connectivity index (χ0v) is 20.4. The van der Waals surface area contributed by atoms with Crippen molar-refractivity contribution in [3.8, 4) is 0 Å². The number of hydrogen-bond acceptors (Lipinski definition) is 10. The van der Waals surface area contributed by atoms with Gasteiger partial charge in [-0.3, -0.25) is 9.80 Å². The van der Waals surface area contributed by atoms with E-state index in [0.717, 1.165) is 12.8 Å². The summed E-state index contributed by atoms with van der Waals surface area (Å²) < 4.78 is 11.0. The second kappa shape index (κ2) is 16.3. The van der Waals surface area contributed by atoms with Gasteiger partial charge < -0.3 is 29.9 Å². The number of aliphatic hydroxyl groups is 4. The number of carbonyl (C=O) groups excluding carboxylic acids is 2. The molecule has 1 rings (SSSR count).